The predicted octanol–water partition coefficient (Wildman–Crippen LogP) is 1.82. The molecule has 0 spiro atoms. The molecule has 0 radical (unpaired) electrons. The quantitative estimate of drug-likeness (QED) is 0.789. The minimum Gasteiger partial charge on any atom is -0.454 e. The number of carbonyl (C=O) groups is 2. The third kappa shape index (κ3) is 3.81. The van der Waals surface area contributed by atoms with Gasteiger partial charge in [-0.2, -0.15) is 0 Å². The standard InChI is InChI=1S/C21H29N3O4/c1-22-9-3-5-15(12-22)13-23(2)21(26)17-6-4-10-24(17)20(25)16-7-8-18-19(11-16)28-14-27-18/h7-8,11,15,17H,3-6,9-10,12-14H2,1-2H3. The van der Waals surface area contributed by atoms with Gasteiger partial charge in [0, 0.05) is 32.2 Å². The summed E-state index contributed by atoms with van der Waals surface area (Å²) in [6.45, 7) is 3.71. The molecule has 2 unspecified atom stereocenters. The Morgan fingerprint density at radius 3 is 2.75 bits per heavy atom. The number of ether oxygens (including phenoxy) is 2. The van der Waals surface area contributed by atoms with Crippen molar-refractivity contribution in [1.82, 2.24) is 14.7 Å². The molecule has 0 bridgehead atoms. The summed E-state index contributed by atoms with van der Waals surface area (Å²) in [5.41, 5.74) is 0.542. The Kier molecular flexibility index (Phi) is 5.44. The first-order valence-electron chi connectivity index (χ1n) is 10.2. The number of hydrogen-bond donors (Lipinski definition) is 0. The van der Waals surface area contributed by atoms with Crippen LogP contribution in [0.15, 0.2) is 18.2 Å². The summed E-state index contributed by atoms with van der Waals surface area (Å²) in [4.78, 5) is 32.1. The van der Waals surface area contributed by atoms with E-state index >= 15 is 0 Å². The van der Waals surface area contributed by atoms with E-state index in [1.807, 2.05) is 11.9 Å². The van der Waals surface area contributed by atoms with E-state index in [0.29, 0.717) is 29.5 Å². The van der Waals surface area contributed by atoms with Gasteiger partial charge in [0.25, 0.3) is 5.91 Å². The molecule has 152 valence electrons. The summed E-state index contributed by atoms with van der Waals surface area (Å²) in [5.74, 6) is 1.70. The van der Waals surface area contributed by atoms with E-state index in [1.54, 1.807) is 23.1 Å². The molecule has 3 heterocycles. The van der Waals surface area contributed by atoms with E-state index in [-0.39, 0.29) is 24.6 Å². The van der Waals surface area contributed by atoms with Crippen molar-refractivity contribution in [1.29, 1.82) is 0 Å². The van der Waals surface area contributed by atoms with Crippen LogP contribution in [-0.2, 0) is 4.79 Å². The highest BCUT2D eigenvalue weighted by Crippen LogP contribution is 2.33. The molecule has 3 aliphatic heterocycles. The van der Waals surface area contributed by atoms with Crippen LogP contribution in [0.25, 0.3) is 0 Å². The largest absolute Gasteiger partial charge is 0.454 e. The van der Waals surface area contributed by atoms with Gasteiger partial charge in [-0.05, 0) is 63.4 Å². The van der Waals surface area contributed by atoms with Crippen LogP contribution in [0, 0.1) is 5.92 Å². The molecule has 2 saturated heterocycles. The van der Waals surface area contributed by atoms with E-state index in [0.717, 1.165) is 38.9 Å². The van der Waals surface area contributed by atoms with Gasteiger partial charge in [-0.1, -0.05) is 0 Å². The van der Waals surface area contributed by atoms with Crippen LogP contribution in [0.2, 0.25) is 0 Å². The summed E-state index contributed by atoms with van der Waals surface area (Å²) in [5, 5.41) is 0. The van der Waals surface area contributed by atoms with Crippen molar-refractivity contribution in [3.8, 4) is 11.5 Å². The summed E-state index contributed by atoms with van der Waals surface area (Å²) < 4.78 is 10.7. The zero-order valence-electron chi connectivity index (χ0n) is 16.7. The number of likely N-dealkylation sites (tertiary alicyclic amines) is 2. The molecule has 1 aromatic carbocycles. The van der Waals surface area contributed by atoms with Crippen molar-refractivity contribution in [2.45, 2.75) is 31.7 Å². The fraction of sp³-hybridized carbons (Fsp3) is 0.619. The van der Waals surface area contributed by atoms with Crippen molar-refractivity contribution in [2.24, 2.45) is 5.92 Å². The lowest BCUT2D eigenvalue weighted by molar-refractivity contribution is -0.134. The number of carbonyl (C=O) groups excluding carboxylic acids is 2. The van der Waals surface area contributed by atoms with Crippen LogP contribution in [0.1, 0.15) is 36.0 Å². The van der Waals surface area contributed by atoms with E-state index in [2.05, 4.69) is 11.9 Å². The summed E-state index contributed by atoms with van der Waals surface area (Å²) >= 11 is 0. The first-order valence-corrected chi connectivity index (χ1v) is 10.2. The highest BCUT2D eigenvalue weighted by Gasteiger charge is 2.37. The van der Waals surface area contributed by atoms with Crippen LogP contribution in [0.5, 0.6) is 11.5 Å². The fourth-order valence-electron chi connectivity index (χ4n) is 4.62. The zero-order valence-corrected chi connectivity index (χ0v) is 16.7. The Bertz CT molecular complexity index is 753. The van der Waals surface area contributed by atoms with Gasteiger partial charge in [-0.15, -0.1) is 0 Å². The second-order valence-electron chi connectivity index (χ2n) is 8.21. The van der Waals surface area contributed by atoms with Crippen LogP contribution in [0.4, 0.5) is 0 Å². The summed E-state index contributed by atoms with van der Waals surface area (Å²) in [6, 6.07) is 4.85. The van der Waals surface area contributed by atoms with E-state index in [9.17, 15) is 9.59 Å². The minimum absolute atomic E-state index is 0.0554. The Hall–Kier alpha value is -2.28. The molecule has 0 saturated carbocycles. The smallest absolute Gasteiger partial charge is 0.254 e. The average molecular weight is 387 g/mol. The van der Waals surface area contributed by atoms with Crippen LogP contribution >= 0.6 is 0 Å². The van der Waals surface area contributed by atoms with Crippen molar-refractivity contribution in [2.75, 3.05) is 47.1 Å². The topological polar surface area (TPSA) is 62.3 Å². The van der Waals surface area contributed by atoms with Crippen LogP contribution in [-0.4, -0.2) is 79.6 Å². The Morgan fingerprint density at radius 1 is 1.14 bits per heavy atom. The number of nitrogens with zero attached hydrogens (tertiary/aromatic N) is 3. The van der Waals surface area contributed by atoms with Gasteiger partial charge in [0.2, 0.25) is 12.7 Å². The summed E-state index contributed by atoms with van der Waals surface area (Å²) in [6.07, 6.45) is 3.92. The fourth-order valence-corrected chi connectivity index (χ4v) is 4.62. The van der Waals surface area contributed by atoms with E-state index in [4.69, 9.17) is 9.47 Å². The first kappa shape index (κ1) is 19.1. The molecule has 7 nitrogen and oxygen atoms in total. The lowest BCUT2D eigenvalue weighted by Crippen LogP contribution is -2.48. The third-order valence-corrected chi connectivity index (χ3v) is 6.05. The maximum absolute atomic E-state index is 13.1. The summed E-state index contributed by atoms with van der Waals surface area (Å²) in [7, 11) is 4.01. The van der Waals surface area contributed by atoms with Gasteiger partial charge in [-0.3, -0.25) is 9.59 Å². The number of amides is 2. The maximum Gasteiger partial charge on any atom is 0.254 e. The normalized spacial score (nSPS) is 24.4. The number of fused-ring (bicyclic) bond motifs is 1. The molecule has 2 atom stereocenters. The highest BCUT2D eigenvalue weighted by atomic mass is 16.7. The van der Waals surface area contributed by atoms with Gasteiger partial charge >= 0.3 is 0 Å². The van der Waals surface area contributed by atoms with Gasteiger partial charge in [0.15, 0.2) is 11.5 Å². The van der Waals surface area contributed by atoms with Gasteiger partial charge in [0.05, 0.1) is 0 Å². The van der Waals surface area contributed by atoms with Crippen LogP contribution < -0.4 is 9.47 Å². The Morgan fingerprint density at radius 2 is 1.93 bits per heavy atom. The average Bonchev–Trinajstić information content (AvgIpc) is 3.35. The molecular weight excluding hydrogens is 358 g/mol. The number of rotatable bonds is 4. The number of likely N-dealkylation sites (N-methyl/N-ethyl adjacent to an activating group) is 1. The van der Waals surface area contributed by atoms with Crippen molar-refractivity contribution >= 4 is 11.8 Å². The zero-order chi connectivity index (χ0) is 19.7. The van der Waals surface area contributed by atoms with Crippen LogP contribution in [0.3, 0.4) is 0 Å². The minimum atomic E-state index is -0.371. The molecule has 4 rings (SSSR count). The number of hydrogen-bond acceptors (Lipinski definition) is 5. The highest BCUT2D eigenvalue weighted by molar-refractivity contribution is 5.98. The molecule has 28 heavy (non-hydrogen) atoms. The lowest BCUT2D eigenvalue weighted by atomic mass is 9.97. The Balaban J connectivity index is 1.42. The van der Waals surface area contributed by atoms with Gasteiger partial charge in [0.1, 0.15) is 6.04 Å². The maximum atomic E-state index is 13.1. The van der Waals surface area contributed by atoms with Gasteiger partial charge in [-0.25, -0.2) is 0 Å². The molecule has 2 amide bonds. The second-order valence-corrected chi connectivity index (χ2v) is 8.21. The molecule has 0 aliphatic carbocycles. The monoisotopic (exact) mass is 387 g/mol. The second kappa shape index (κ2) is 7.99. The molecular formula is C21H29N3O4. The van der Waals surface area contributed by atoms with E-state index < -0.39 is 0 Å². The number of piperidine rings is 1. The molecule has 2 fully saturated rings. The van der Waals surface area contributed by atoms with Crippen molar-refractivity contribution in [3.05, 3.63) is 23.8 Å². The van der Waals surface area contributed by atoms with Gasteiger partial charge < -0.3 is 24.2 Å². The van der Waals surface area contributed by atoms with Crippen molar-refractivity contribution in [3.63, 3.8) is 0 Å². The third-order valence-electron chi connectivity index (χ3n) is 6.05. The molecule has 7 heteroatoms. The molecule has 1 aromatic rings. The lowest BCUT2D eigenvalue weighted by Gasteiger charge is -2.34. The van der Waals surface area contributed by atoms with E-state index in [1.165, 1.54) is 6.42 Å². The SMILES string of the molecule is CN1CCCC(CN(C)C(=O)C2CCCN2C(=O)c2ccc3c(c2)OCO3)C1. The Labute approximate surface area is 166 Å². The first-order chi connectivity index (χ1) is 13.5. The molecule has 0 N–H and O–H groups in total. The molecule has 0 aromatic heterocycles. The van der Waals surface area contributed by atoms with Crippen molar-refractivity contribution < 1.29 is 19.1 Å². The molecule has 3 aliphatic rings. The predicted molar refractivity (Wildman–Crippen MR) is 104 cm³/mol. The number of benzene rings is 1.